The molecule has 8 nitrogen and oxygen atoms in total. The Morgan fingerprint density at radius 3 is 2.81 bits per heavy atom. The van der Waals surface area contributed by atoms with Gasteiger partial charge in [0.25, 0.3) is 5.56 Å². The lowest BCUT2D eigenvalue weighted by Gasteiger charge is -2.16. The summed E-state index contributed by atoms with van der Waals surface area (Å²) < 4.78 is 24.9. The van der Waals surface area contributed by atoms with Crippen LogP contribution >= 0.6 is 0 Å². The van der Waals surface area contributed by atoms with Gasteiger partial charge in [-0.3, -0.25) is 19.1 Å². The lowest BCUT2D eigenvalue weighted by molar-refractivity contribution is -0.150. The average Bonchev–Trinajstić information content (AvgIpc) is 3.02. The number of carbonyl (C=O) groups is 1. The molecule has 1 fully saturated rings. The number of aromatic amines is 1. The molecule has 2 N–H and O–H groups in total. The number of ether oxygens (including phenoxy) is 2. The molecule has 0 bridgehead atoms. The predicted molar refractivity (Wildman–Crippen MR) is 91.5 cm³/mol. The summed E-state index contributed by atoms with van der Waals surface area (Å²) in [5.41, 5.74) is -0.969. The van der Waals surface area contributed by atoms with Gasteiger partial charge in [0.1, 0.15) is 18.9 Å². The Morgan fingerprint density at radius 2 is 2.07 bits per heavy atom. The molecule has 0 radical (unpaired) electrons. The van der Waals surface area contributed by atoms with Crippen LogP contribution in [0.4, 0.5) is 4.39 Å². The Morgan fingerprint density at radius 1 is 1.33 bits per heavy atom. The van der Waals surface area contributed by atoms with E-state index in [2.05, 4.69) is 0 Å². The van der Waals surface area contributed by atoms with Crippen molar-refractivity contribution in [2.75, 3.05) is 6.61 Å². The number of aromatic nitrogens is 2. The number of hydrogen-bond acceptors (Lipinski definition) is 6. The second-order valence-corrected chi connectivity index (χ2v) is 6.24. The van der Waals surface area contributed by atoms with Crippen LogP contribution in [0.2, 0.25) is 0 Å². The number of aliphatic hydroxyl groups excluding tert-OH is 1. The first kappa shape index (κ1) is 19.0. The van der Waals surface area contributed by atoms with Crippen molar-refractivity contribution in [3.8, 4) is 0 Å². The van der Waals surface area contributed by atoms with Gasteiger partial charge in [-0.15, -0.1) is 0 Å². The first-order valence-corrected chi connectivity index (χ1v) is 8.48. The minimum absolute atomic E-state index is 0.00236. The van der Waals surface area contributed by atoms with Crippen molar-refractivity contribution in [1.82, 2.24) is 9.55 Å². The van der Waals surface area contributed by atoms with Crippen LogP contribution in [-0.4, -0.2) is 39.4 Å². The van der Waals surface area contributed by atoms with Gasteiger partial charge in [0, 0.05) is 12.8 Å². The van der Waals surface area contributed by atoms with Crippen molar-refractivity contribution in [2.24, 2.45) is 0 Å². The maximum absolute atomic E-state index is 13.4. The van der Waals surface area contributed by atoms with E-state index in [-0.39, 0.29) is 19.4 Å². The molecular formula is C18H19FN2O6. The van der Waals surface area contributed by atoms with Crippen LogP contribution in [0.15, 0.2) is 46.1 Å². The summed E-state index contributed by atoms with van der Waals surface area (Å²) in [6, 6.07) is 9.46. The third kappa shape index (κ3) is 4.69. The number of hydrogen-bond donors (Lipinski definition) is 2. The molecule has 1 saturated heterocycles. The molecule has 3 atom stereocenters. The SMILES string of the molecule is O=C(CCc1ccccc1)OC[C@H]1O[C@@H](n2cc(F)c(=O)[nH]c2=O)C[C@@H]1O. The molecule has 27 heavy (non-hydrogen) atoms. The monoisotopic (exact) mass is 378 g/mol. The number of aryl methyl sites for hydroxylation is 1. The van der Waals surface area contributed by atoms with E-state index in [0.717, 1.165) is 16.3 Å². The highest BCUT2D eigenvalue weighted by Crippen LogP contribution is 2.27. The van der Waals surface area contributed by atoms with Gasteiger partial charge in [0.05, 0.1) is 12.3 Å². The van der Waals surface area contributed by atoms with Crippen LogP contribution in [0.25, 0.3) is 0 Å². The normalized spacial score (nSPS) is 21.9. The molecule has 0 aliphatic carbocycles. The number of H-pyrrole nitrogens is 1. The van der Waals surface area contributed by atoms with Gasteiger partial charge in [-0.05, 0) is 12.0 Å². The molecule has 0 unspecified atom stereocenters. The first-order chi connectivity index (χ1) is 12.9. The quantitative estimate of drug-likeness (QED) is 0.709. The fourth-order valence-corrected chi connectivity index (χ4v) is 2.85. The number of halogens is 1. The minimum atomic E-state index is -1.14. The molecule has 3 rings (SSSR count). The van der Waals surface area contributed by atoms with Crippen molar-refractivity contribution >= 4 is 5.97 Å². The van der Waals surface area contributed by atoms with Crippen LogP contribution in [0.5, 0.6) is 0 Å². The highest BCUT2D eigenvalue weighted by Gasteiger charge is 2.36. The van der Waals surface area contributed by atoms with Crippen LogP contribution in [0.3, 0.4) is 0 Å². The van der Waals surface area contributed by atoms with E-state index in [1.165, 1.54) is 0 Å². The van der Waals surface area contributed by atoms with Gasteiger partial charge in [-0.25, -0.2) is 4.79 Å². The van der Waals surface area contributed by atoms with E-state index in [1.54, 1.807) is 0 Å². The van der Waals surface area contributed by atoms with E-state index < -0.39 is 41.5 Å². The number of benzene rings is 1. The smallest absolute Gasteiger partial charge is 0.330 e. The van der Waals surface area contributed by atoms with E-state index >= 15 is 0 Å². The molecular weight excluding hydrogens is 359 g/mol. The van der Waals surface area contributed by atoms with Crippen LogP contribution in [0.1, 0.15) is 24.6 Å². The number of rotatable bonds is 6. The highest BCUT2D eigenvalue weighted by atomic mass is 19.1. The molecule has 2 heterocycles. The fourth-order valence-electron chi connectivity index (χ4n) is 2.85. The van der Waals surface area contributed by atoms with Crippen molar-refractivity contribution in [3.63, 3.8) is 0 Å². The lowest BCUT2D eigenvalue weighted by atomic mass is 10.1. The number of esters is 1. The summed E-state index contributed by atoms with van der Waals surface area (Å²) in [5.74, 6) is -1.58. The first-order valence-electron chi connectivity index (χ1n) is 8.48. The number of nitrogens with zero attached hydrogens (tertiary/aromatic N) is 1. The Bertz CT molecular complexity index is 910. The summed E-state index contributed by atoms with van der Waals surface area (Å²) in [6.45, 7) is -0.189. The van der Waals surface area contributed by atoms with Crippen LogP contribution in [-0.2, 0) is 20.7 Å². The standard InChI is InChI=1S/C18H19FN2O6/c19-12-9-21(18(25)20-17(12)24)15-8-13(22)14(27-15)10-26-16(23)7-6-11-4-2-1-3-5-11/h1-5,9,13-15,22H,6-8,10H2,(H,20,24,25)/t13-,14+,15+/m0/s1. The van der Waals surface area contributed by atoms with E-state index in [1.807, 2.05) is 35.3 Å². The van der Waals surface area contributed by atoms with Crippen molar-refractivity contribution < 1.29 is 23.8 Å². The molecule has 2 aromatic rings. The van der Waals surface area contributed by atoms with Crippen molar-refractivity contribution in [2.45, 2.75) is 37.7 Å². The Labute approximate surface area is 153 Å². The van der Waals surface area contributed by atoms with Gasteiger partial charge < -0.3 is 14.6 Å². The maximum atomic E-state index is 13.4. The molecule has 1 aromatic carbocycles. The number of aliphatic hydroxyl groups is 1. The van der Waals surface area contributed by atoms with Gasteiger partial charge >= 0.3 is 11.7 Å². The summed E-state index contributed by atoms with van der Waals surface area (Å²) in [4.78, 5) is 36.5. The lowest BCUT2D eigenvalue weighted by Crippen LogP contribution is -2.34. The molecule has 144 valence electrons. The number of nitrogens with one attached hydrogen (secondary N) is 1. The van der Waals surface area contributed by atoms with Crippen molar-refractivity contribution in [3.05, 3.63) is 68.7 Å². The number of carbonyl (C=O) groups excluding carboxylic acids is 1. The second kappa shape index (κ2) is 8.28. The fraction of sp³-hybridized carbons (Fsp3) is 0.389. The zero-order valence-corrected chi connectivity index (χ0v) is 14.3. The zero-order chi connectivity index (χ0) is 19.4. The zero-order valence-electron chi connectivity index (χ0n) is 14.3. The topological polar surface area (TPSA) is 111 Å². The Hall–Kier alpha value is -2.78. The predicted octanol–water partition coefficient (Wildman–Crippen LogP) is 0.500. The minimum Gasteiger partial charge on any atom is -0.463 e. The summed E-state index contributed by atoms with van der Waals surface area (Å²) >= 11 is 0. The molecule has 9 heteroatoms. The summed E-state index contributed by atoms with van der Waals surface area (Å²) in [7, 11) is 0. The maximum Gasteiger partial charge on any atom is 0.330 e. The van der Waals surface area contributed by atoms with Gasteiger partial charge in [0.2, 0.25) is 5.82 Å². The van der Waals surface area contributed by atoms with Crippen molar-refractivity contribution in [1.29, 1.82) is 0 Å². The molecule has 1 aliphatic heterocycles. The van der Waals surface area contributed by atoms with E-state index in [4.69, 9.17) is 9.47 Å². The average molecular weight is 378 g/mol. The van der Waals surface area contributed by atoms with Gasteiger partial charge in [0.15, 0.2) is 0 Å². The van der Waals surface area contributed by atoms with Gasteiger partial charge in [-0.2, -0.15) is 4.39 Å². The molecule has 0 saturated carbocycles. The van der Waals surface area contributed by atoms with Gasteiger partial charge in [-0.1, -0.05) is 30.3 Å². The van der Waals surface area contributed by atoms with E-state index in [0.29, 0.717) is 6.42 Å². The summed E-state index contributed by atoms with van der Waals surface area (Å²) in [6.07, 6.45) is -1.38. The Kier molecular flexibility index (Phi) is 5.82. The highest BCUT2D eigenvalue weighted by molar-refractivity contribution is 5.69. The molecule has 1 aliphatic rings. The third-order valence-electron chi connectivity index (χ3n) is 4.31. The summed E-state index contributed by atoms with van der Waals surface area (Å²) in [5, 5.41) is 10.1. The second-order valence-electron chi connectivity index (χ2n) is 6.24. The van der Waals surface area contributed by atoms with Crippen LogP contribution in [0, 0.1) is 5.82 Å². The third-order valence-corrected chi connectivity index (χ3v) is 4.31. The Balaban J connectivity index is 1.53. The molecule has 1 aromatic heterocycles. The van der Waals surface area contributed by atoms with E-state index in [9.17, 15) is 23.9 Å². The van der Waals surface area contributed by atoms with Crippen LogP contribution < -0.4 is 11.2 Å². The largest absolute Gasteiger partial charge is 0.463 e. The molecule has 0 amide bonds. The molecule has 0 spiro atoms.